The minimum absolute atomic E-state index is 0.0763. The Morgan fingerprint density at radius 1 is 1.07 bits per heavy atom. The molecule has 1 atom stereocenters. The maximum atomic E-state index is 11.9. The number of hydrogen-bond donors (Lipinski definition) is 1. The predicted molar refractivity (Wildman–Crippen MR) is 109 cm³/mol. The molecule has 2 rings (SSSR count). The van der Waals surface area contributed by atoms with Gasteiger partial charge in [-0.3, -0.25) is 0 Å². The van der Waals surface area contributed by atoms with Gasteiger partial charge in [-0.25, -0.2) is 4.79 Å². The zero-order valence-electron chi connectivity index (χ0n) is 13.9. The van der Waals surface area contributed by atoms with E-state index in [0.717, 1.165) is 5.56 Å². The Labute approximate surface area is 181 Å². The minimum Gasteiger partial charge on any atom is -0.493 e. The maximum Gasteiger partial charge on any atom is 0.349 e. The fraction of sp³-hybridized carbons (Fsp3) is 0.167. The van der Waals surface area contributed by atoms with E-state index in [-0.39, 0.29) is 36.4 Å². The van der Waals surface area contributed by atoms with E-state index in [9.17, 15) is 9.90 Å². The molecule has 0 saturated carbocycles. The van der Waals surface area contributed by atoms with Crippen molar-refractivity contribution >= 4 is 64.0 Å². The van der Waals surface area contributed by atoms with Gasteiger partial charge in [0.25, 0.3) is 0 Å². The molecule has 0 spiro atoms. The van der Waals surface area contributed by atoms with Crippen molar-refractivity contribution in [3.8, 4) is 11.5 Å². The van der Waals surface area contributed by atoms with Crippen LogP contribution in [-0.2, 0) is 11.2 Å². The molecule has 0 heterocycles. The molecular weight excluding hydrogens is 457 g/mol. The molecular formula is C18H13Cl5O4. The fourth-order valence-electron chi connectivity index (χ4n) is 2.31. The standard InChI is InChI=1S/C18H13Cl5O4/c1-3-4-8-5-6-9(10(7-8)26-2)27-17(18(24)25)11-12(19)14(21)16(23)15(22)13(11)20/h3,5-7,17H,1,4H2,2H3,(H,24,25). The van der Waals surface area contributed by atoms with Crippen LogP contribution in [0, 0.1) is 0 Å². The van der Waals surface area contributed by atoms with Crippen molar-refractivity contribution in [3.63, 3.8) is 0 Å². The molecule has 4 nitrogen and oxygen atoms in total. The average Bonchev–Trinajstić information content (AvgIpc) is 2.65. The number of ether oxygens (including phenoxy) is 2. The summed E-state index contributed by atoms with van der Waals surface area (Å²) in [5, 5.41) is 9.04. The normalized spacial score (nSPS) is 11.8. The van der Waals surface area contributed by atoms with Gasteiger partial charge in [-0.05, 0) is 24.1 Å². The molecule has 0 aliphatic rings. The van der Waals surface area contributed by atoms with E-state index < -0.39 is 12.1 Å². The number of methoxy groups -OCH3 is 1. The quantitative estimate of drug-likeness (QED) is 0.272. The van der Waals surface area contributed by atoms with Crippen LogP contribution in [0.4, 0.5) is 0 Å². The van der Waals surface area contributed by atoms with Crippen LogP contribution in [0.15, 0.2) is 30.9 Å². The minimum atomic E-state index is -1.60. The molecule has 9 heteroatoms. The van der Waals surface area contributed by atoms with Gasteiger partial charge < -0.3 is 14.6 Å². The van der Waals surface area contributed by atoms with Gasteiger partial charge >= 0.3 is 5.97 Å². The van der Waals surface area contributed by atoms with E-state index in [4.69, 9.17) is 67.5 Å². The number of carboxylic acid groups (broad SMARTS) is 1. The Morgan fingerprint density at radius 2 is 1.63 bits per heavy atom. The van der Waals surface area contributed by atoms with Crippen molar-refractivity contribution in [2.75, 3.05) is 7.11 Å². The molecule has 1 N–H and O–H groups in total. The van der Waals surface area contributed by atoms with Gasteiger partial charge in [0.1, 0.15) is 0 Å². The number of carbonyl (C=O) groups is 1. The monoisotopic (exact) mass is 468 g/mol. The summed E-state index contributed by atoms with van der Waals surface area (Å²) in [4.78, 5) is 11.9. The Hall–Kier alpha value is -1.30. The first-order valence-corrected chi connectivity index (χ1v) is 9.30. The maximum absolute atomic E-state index is 11.9. The van der Waals surface area contributed by atoms with E-state index in [0.29, 0.717) is 12.2 Å². The molecule has 0 aliphatic carbocycles. The molecule has 0 aliphatic heterocycles. The van der Waals surface area contributed by atoms with Crippen LogP contribution in [0.25, 0.3) is 0 Å². The van der Waals surface area contributed by atoms with E-state index in [1.165, 1.54) is 7.11 Å². The number of hydrogen-bond acceptors (Lipinski definition) is 3. The van der Waals surface area contributed by atoms with Crippen LogP contribution in [0.3, 0.4) is 0 Å². The van der Waals surface area contributed by atoms with E-state index in [1.807, 2.05) is 0 Å². The summed E-state index contributed by atoms with van der Waals surface area (Å²) in [7, 11) is 1.44. The summed E-state index contributed by atoms with van der Waals surface area (Å²) < 4.78 is 10.9. The molecule has 2 aromatic rings. The van der Waals surface area contributed by atoms with Crippen LogP contribution in [0.2, 0.25) is 25.1 Å². The average molecular weight is 471 g/mol. The highest BCUT2D eigenvalue weighted by Crippen LogP contribution is 2.47. The summed E-state index contributed by atoms with van der Waals surface area (Å²) in [6.07, 6.45) is 0.738. The van der Waals surface area contributed by atoms with E-state index in [2.05, 4.69) is 6.58 Å². The van der Waals surface area contributed by atoms with Crippen molar-refractivity contribution in [2.24, 2.45) is 0 Å². The predicted octanol–water partition coefficient (Wildman–Crippen LogP) is 6.90. The molecule has 0 amide bonds. The second-order valence-electron chi connectivity index (χ2n) is 5.30. The largest absolute Gasteiger partial charge is 0.493 e. The lowest BCUT2D eigenvalue weighted by Gasteiger charge is -2.21. The van der Waals surface area contributed by atoms with Crippen molar-refractivity contribution in [2.45, 2.75) is 12.5 Å². The van der Waals surface area contributed by atoms with Crippen molar-refractivity contribution in [3.05, 3.63) is 67.1 Å². The number of halogens is 5. The molecule has 0 saturated heterocycles. The third-order valence-corrected chi connectivity index (χ3v) is 5.89. The van der Waals surface area contributed by atoms with Gasteiger partial charge in [0.05, 0.1) is 32.2 Å². The second-order valence-corrected chi connectivity index (χ2v) is 7.19. The highest BCUT2D eigenvalue weighted by Gasteiger charge is 2.32. The third kappa shape index (κ3) is 4.58. The first-order valence-electron chi connectivity index (χ1n) is 7.41. The van der Waals surface area contributed by atoms with Crippen LogP contribution in [-0.4, -0.2) is 18.2 Å². The van der Waals surface area contributed by atoms with Gasteiger partial charge in [-0.1, -0.05) is 70.1 Å². The Bertz CT molecular complexity index is 869. The Morgan fingerprint density at radius 3 is 2.11 bits per heavy atom. The molecule has 0 radical (unpaired) electrons. The van der Waals surface area contributed by atoms with Crippen molar-refractivity contribution in [1.82, 2.24) is 0 Å². The SMILES string of the molecule is C=CCc1ccc(OC(C(=O)O)c2c(Cl)c(Cl)c(Cl)c(Cl)c2Cl)c(OC)c1. The van der Waals surface area contributed by atoms with E-state index in [1.54, 1.807) is 24.3 Å². The van der Waals surface area contributed by atoms with Gasteiger partial charge in [-0.2, -0.15) is 0 Å². The number of benzene rings is 2. The number of aliphatic carboxylic acids is 1. The molecule has 0 fully saturated rings. The summed E-state index contributed by atoms with van der Waals surface area (Å²) in [5.41, 5.74) is 0.803. The summed E-state index contributed by atoms with van der Waals surface area (Å²) in [6.45, 7) is 3.67. The van der Waals surface area contributed by atoms with Crippen molar-refractivity contribution < 1.29 is 19.4 Å². The van der Waals surface area contributed by atoms with Crippen LogP contribution in [0.1, 0.15) is 17.2 Å². The fourth-order valence-corrected chi connectivity index (χ4v) is 3.67. The summed E-state index contributed by atoms with van der Waals surface area (Å²) >= 11 is 30.4. The highest BCUT2D eigenvalue weighted by molar-refractivity contribution is 6.55. The van der Waals surface area contributed by atoms with Crippen molar-refractivity contribution in [1.29, 1.82) is 0 Å². The highest BCUT2D eigenvalue weighted by atomic mass is 35.5. The van der Waals surface area contributed by atoms with Gasteiger partial charge in [0, 0.05) is 5.56 Å². The van der Waals surface area contributed by atoms with Gasteiger partial charge in [0.2, 0.25) is 6.10 Å². The number of carboxylic acids is 1. The van der Waals surface area contributed by atoms with Crippen LogP contribution >= 0.6 is 58.0 Å². The second kappa shape index (κ2) is 9.26. The first-order chi connectivity index (χ1) is 12.7. The molecule has 0 aromatic heterocycles. The zero-order valence-corrected chi connectivity index (χ0v) is 17.6. The number of allylic oxidation sites excluding steroid dienone is 1. The Kier molecular flexibility index (Phi) is 7.55. The lowest BCUT2D eigenvalue weighted by Crippen LogP contribution is -2.20. The third-order valence-electron chi connectivity index (χ3n) is 3.58. The summed E-state index contributed by atoms with van der Waals surface area (Å²) in [5.74, 6) is -0.850. The lowest BCUT2D eigenvalue weighted by molar-refractivity contribution is -0.145. The summed E-state index contributed by atoms with van der Waals surface area (Å²) in [6, 6.07) is 5.04. The molecule has 0 bridgehead atoms. The van der Waals surface area contributed by atoms with Crippen LogP contribution in [0.5, 0.6) is 11.5 Å². The molecule has 27 heavy (non-hydrogen) atoms. The molecule has 1 unspecified atom stereocenters. The molecule has 2 aromatic carbocycles. The lowest BCUT2D eigenvalue weighted by atomic mass is 10.1. The smallest absolute Gasteiger partial charge is 0.349 e. The first kappa shape index (κ1) is 22.0. The topological polar surface area (TPSA) is 55.8 Å². The zero-order chi connectivity index (χ0) is 20.3. The van der Waals surface area contributed by atoms with Gasteiger partial charge in [-0.15, -0.1) is 6.58 Å². The number of rotatable bonds is 7. The Balaban J connectivity index is 2.56. The van der Waals surface area contributed by atoms with Gasteiger partial charge in [0.15, 0.2) is 11.5 Å². The van der Waals surface area contributed by atoms with Crippen LogP contribution < -0.4 is 9.47 Å². The molecule has 144 valence electrons. The van der Waals surface area contributed by atoms with E-state index >= 15 is 0 Å².